The van der Waals surface area contributed by atoms with E-state index in [0.29, 0.717) is 6.04 Å². The van der Waals surface area contributed by atoms with E-state index in [0.717, 1.165) is 18.7 Å². The number of benzene rings is 1. The fourth-order valence-corrected chi connectivity index (χ4v) is 2.32. The number of nitrogens with one attached hydrogen (secondary N) is 1. The van der Waals surface area contributed by atoms with Gasteiger partial charge >= 0.3 is 0 Å². The van der Waals surface area contributed by atoms with Gasteiger partial charge in [0.25, 0.3) is 0 Å². The largest absolute Gasteiger partial charge is 0.486 e. The minimum absolute atomic E-state index is 0.266. The van der Waals surface area contributed by atoms with Gasteiger partial charge in [-0.1, -0.05) is 6.07 Å². The molecule has 3 nitrogen and oxygen atoms in total. The van der Waals surface area contributed by atoms with Crippen LogP contribution in [0.5, 0.6) is 5.75 Å². The SMILES string of the molecule is CNCCC1Oc2ccc(C)cc2N(C)C1C. The highest BCUT2D eigenvalue weighted by Gasteiger charge is 2.29. The molecule has 2 rings (SSSR count). The second-order valence-corrected chi connectivity index (χ2v) is 4.87. The Balaban J connectivity index is 2.22. The predicted molar refractivity (Wildman–Crippen MR) is 72.0 cm³/mol. The van der Waals surface area contributed by atoms with Crippen molar-refractivity contribution in [3.63, 3.8) is 0 Å². The Kier molecular flexibility index (Phi) is 3.57. The molecule has 94 valence electrons. The van der Waals surface area contributed by atoms with Crippen LogP contribution in [0.15, 0.2) is 18.2 Å². The third kappa shape index (κ3) is 2.39. The Morgan fingerprint density at radius 2 is 2.18 bits per heavy atom. The molecule has 2 atom stereocenters. The van der Waals surface area contributed by atoms with Crippen molar-refractivity contribution in [1.82, 2.24) is 5.32 Å². The summed E-state index contributed by atoms with van der Waals surface area (Å²) >= 11 is 0. The van der Waals surface area contributed by atoms with Gasteiger partial charge in [0, 0.05) is 7.05 Å². The van der Waals surface area contributed by atoms with E-state index in [9.17, 15) is 0 Å². The highest BCUT2D eigenvalue weighted by molar-refractivity contribution is 5.61. The number of fused-ring (bicyclic) bond motifs is 1. The second kappa shape index (κ2) is 4.96. The van der Waals surface area contributed by atoms with Gasteiger partial charge in [0.05, 0.1) is 11.7 Å². The van der Waals surface area contributed by atoms with Crippen LogP contribution in [0.1, 0.15) is 18.9 Å². The van der Waals surface area contributed by atoms with Crippen molar-refractivity contribution in [3.8, 4) is 5.75 Å². The second-order valence-electron chi connectivity index (χ2n) is 4.87. The normalized spacial score (nSPS) is 23.2. The van der Waals surface area contributed by atoms with Crippen molar-refractivity contribution in [2.24, 2.45) is 0 Å². The Morgan fingerprint density at radius 3 is 2.88 bits per heavy atom. The van der Waals surface area contributed by atoms with E-state index < -0.39 is 0 Å². The summed E-state index contributed by atoms with van der Waals surface area (Å²) in [6, 6.07) is 6.80. The average molecular weight is 234 g/mol. The van der Waals surface area contributed by atoms with Crippen LogP contribution in [-0.4, -0.2) is 32.8 Å². The van der Waals surface area contributed by atoms with Crippen LogP contribution in [0.4, 0.5) is 5.69 Å². The summed E-state index contributed by atoms with van der Waals surface area (Å²) in [6.45, 7) is 5.33. The van der Waals surface area contributed by atoms with Gasteiger partial charge in [0.1, 0.15) is 11.9 Å². The van der Waals surface area contributed by atoms with Crippen LogP contribution in [0.2, 0.25) is 0 Å². The highest BCUT2D eigenvalue weighted by Crippen LogP contribution is 2.36. The first-order valence-corrected chi connectivity index (χ1v) is 6.28. The summed E-state index contributed by atoms with van der Waals surface area (Å²) < 4.78 is 6.09. The standard InChI is InChI=1S/C14H22N2O/c1-10-5-6-14-12(9-10)16(4)11(2)13(17-14)7-8-15-3/h5-6,9,11,13,15H,7-8H2,1-4H3. The molecule has 0 fully saturated rings. The molecule has 17 heavy (non-hydrogen) atoms. The van der Waals surface area contributed by atoms with E-state index in [1.54, 1.807) is 0 Å². The van der Waals surface area contributed by atoms with Crippen molar-refractivity contribution in [1.29, 1.82) is 0 Å². The molecule has 0 aliphatic carbocycles. The summed E-state index contributed by atoms with van der Waals surface area (Å²) in [5.41, 5.74) is 2.48. The molecule has 0 aromatic heterocycles. The summed E-state index contributed by atoms with van der Waals surface area (Å²) in [5, 5.41) is 3.18. The lowest BCUT2D eigenvalue weighted by atomic mass is 10.0. The molecule has 1 aliphatic rings. The monoisotopic (exact) mass is 234 g/mol. The van der Waals surface area contributed by atoms with Gasteiger partial charge in [-0.2, -0.15) is 0 Å². The number of aryl methyl sites for hydroxylation is 1. The van der Waals surface area contributed by atoms with Gasteiger partial charge < -0.3 is 15.0 Å². The van der Waals surface area contributed by atoms with Gasteiger partial charge in [-0.05, 0) is 51.6 Å². The molecule has 0 saturated heterocycles. The molecule has 0 amide bonds. The molecule has 2 unspecified atom stereocenters. The fourth-order valence-electron chi connectivity index (χ4n) is 2.32. The third-order valence-electron chi connectivity index (χ3n) is 3.60. The van der Waals surface area contributed by atoms with Crippen molar-refractivity contribution in [3.05, 3.63) is 23.8 Å². The third-order valence-corrected chi connectivity index (χ3v) is 3.60. The Labute approximate surface area is 104 Å². The molecule has 1 heterocycles. The van der Waals surface area contributed by atoms with E-state index in [-0.39, 0.29) is 6.10 Å². The summed E-state index contributed by atoms with van der Waals surface area (Å²) in [6.07, 6.45) is 1.30. The fraction of sp³-hybridized carbons (Fsp3) is 0.571. The van der Waals surface area contributed by atoms with E-state index in [4.69, 9.17) is 4.74 Å². The van der Waals surface area contributed by atoms with Crippen molar-refractivity contribution in [2.45, 2.75) is 32.4 Å². The van der Waals surface area contributed by atoms with Gasteiger partial charge in [-0.15, -0.1) is 0 Å². The summed E-state index contributed by atoms with van der Waals surface area (Å²) in [4.78, 5) is 2.33. The molecule has 1 aromatic rings. The first-order chi connectivity index (χ1) is 8.13. The highest BCUT2D eigenvalue weighted by atomic mass is 16.5. The summed E-state index contributed by atoms with van der Waals surface area (Å²) in [5.74, 6) is 1.01. The number of anilines is 1. The number of hydrogen-bond donors (Lipinski definition) is 1. The smallest absolute Gasteiger partial charge is 0.143 e. The quantitative estimate of drug-likeness (QED) is 0.867. The molecule has 0 radical (unpaired) electrons. The number of hydrogen-bond acceptors (Lipinski definition) is 3. The molecule has 0 spiro atoms. The minimum atomic E-state index is 0.266. The zero-order valence-corrected chi connectivity index (χ0v) is 11.2. The number of rotatable bonds is 3. The molecule has 0 bridgehead atoms. The van der Waals surface area contributed by atoms with E-state index in [2.05, 4.69) is 49.3 Å². The van der Waals surface area contributed by atoms with E-state index in [1.807, 2.05) is 7.05 Å². The van der Waals surface area contributed by atoms with Crippen LogP contribution in [0, 0.1) is 6.92 Å². The van der Waals surface area contributed by atoms with Gasteiger partial charge in [0.15, 0.2) is 0 Å². The predicted octanol–water partition coefficient (Wildman–Crippen LogP) is 2.19. The van der Waals surface area contributed by atoms with Crippen molar-refractivity contribution in [2.75, 3.05) is 25.5 Å². The molecule has 3 heteroatoms. The first-order valence-electron chi connectivity index (χ1n) is 6.28. The van der Waals surface area contributed by atoms with Crippen LogP contribution in [0.3, 0.4) is 0 Å². The topological polar surface area (TPSA) is 24.5 Å². The van der Waals surface area contributed by atoms with Gasteiger partial charge in [-0.3, -0.25) is 0 Å². The van der Waals surface area contributed by atoms with Crippen LogP contribution in [0.25, 0.3) is 0 Å². The van der Waals surface area contributed by atoms with Crippen LogP contribution in [-0.2, 0) is 0 Å². The lowest BCUT2D eigenvalue weighted by molar-refractivity contribution is 0.152. The molecule has 1 aliphatic heterocycles. The molecular weight excluding hydrogens is 212 g/mol. The molecule has 1 aromatic carbocycles. The van der Waals surface area contributed by atoms with Gasteiger partial charge in [0.2, 0.25) is 0 Å². The Bertz CT molecular complexity index is 392. The first kappa shape index (κ1) is 12.2. The minimum Gasteiger partial charge on any atom is -0.486 e. The number of nitrogens with zero attached hydrogens (tertiary/aromatic N) is 1. The average Bonchev–Trinajstić information content (AvgIpc) is 2.33. The zero-order chi connectivity index (χ0) is 12.4. The van der Waals surface area contributed by atoms with E-state index in [1.165, 1.54) is 11.3 Å². The lowest BCUT2D eigenvalue weighted by Crippen LogP contribution is -2.46. The van der Waals surface area contributed by atoms with Crippen LogP contribution >= 0.6 is 0 Å². The maximum absolute atomic E-state index is 6.09. The maximum Gasteiger partial charge on any atom is 0.143 e. The molecule has 1 N–H and O–H groups in total. The number of ether oxygens (including phenoxy) is 1. The maximum atomic E-state index is 6.09. The van der Waals surface area contributed by atoms with Crippen molar-refractivity contribution < 1.29 is 4.74 Å². The Morgan fingerprint density at radius 1 is 1.41 bits per heavy atom. The van der Waals surface area contributed by atoms with Gasteiger partial charge in [-0.25, -0.2) is 0 Å². The number of likely N-dealkylation sites (N-methyl/N-ethyl adjacent to an activating group) is 1. The molecule has 0 saturated carbocycles. The van der Waals surface area contributed by atoms with Crippen LogP contribution < -0.4 is 15.0 Å². The lowest BCUT2D eigenvalue weighted by Gasteiger charge is -2.40. The summed E-state index contributed by atoms with van der Waals surface area (Å²) in [7, 11) is 4.13. The van der Waals surface area contributed by atoms with Crippen molar-refractivity contribution >= 4 is 5.69 Å². The van der Waals surface area contributed by atoms with E-state index >= 15 is 0 Å². The molecular formula is C14H22N2O. The zero-order valence-electron chi connectivity index (χ0n) is 11.2. The Hall–Kier alpha value is -1.22.